The highest BCUT2D eigenvalue weighted by Gasteiger charge is 2.53. The van der Waals surface area contributed by atoms with Crippen molar-refractivity contribution < 1.29 is 19.4 Å². The van der Waals surface area contributed by atoms with Gasteiger partial charge in [0.2, 0.25) is 5.91 Å². The molecule has 0 aromatic heterocycles. The molecule has 0 unspecified atom stereocenters. The van der Waals surface area contributed by atoms with E-state index in [4.69, 9.17) is 33.0 Å². The lowest BCUT2D eigenvalue weighted by atomic mass is 9.58. The minimum atomic E-state index is -1.04. The maximum Gasteiger partial charge on any atom is 0.341 e. The number of nitrogens with one attached hydrogen (secondary N) is 1. The molecule has 6 atom stereocenters. The molecule has 1 heterocycles. The van der Waals surface area contributed by atoms with E-state index >= 15 is 0 Å². The first kappa shape index (κ1) is 22.0. The molecule has 1 saturated heterocycles. The van der Waals surface area contributed by atoms with Gasteiger partial charge in [0.1, 0.15) is 5.75 Å². The predicted octanol–water partition coefficient (Wildman–Crippen LogP) is 5.11. The van der Waals surface area contributed by atoms with E-state index in [9.17, 15) is 9.59 Å². The average molecular weight is 462 g/mol. The van der Waals surface area contributed by atoms with Gasteiger partial charge in [-0.05, 0) is 72.4 Å². The molecule has 1 aliphatic carbocycles. The second kappa shape index (κ2) is 8.71. The molecule has 1 aliphatic heterocycles. The summed E-state index contributed by atoms with van der Waals surface area (Å²) in [5.74, 6) is 0.0255. The van der Waals surface area contributed by atoms with Crippen molar-refractivity contribution in [1.82, 2.24) is 5.32 Å². The first-order chi connectivity index (χ1) is 14.8. The third-order valence-electron chi connectivity index (χ3n) is 6.74. The summed E-state index contributed by atoms with van der Waals surface area (Å²) in [6, 6.07) is 13.3. The molecule has 0 radical (unpaired) electrons. The van der Waals surface area contributed by atoms with Gasteiger partial charge in [-0.15, -0.1) is 0 Å². The van der Waals surface area contributed by atoms with Gasteiger partial charge in [-0.2, -0.15) is 0 Å². The van der Waals surface area contributed by atoms with E-state index in [-0.39, 0.29) is 41.5 Å². The molecule has 7 heteroatoms. The first-order valence-corrected chi connectivity index (χ1v) is 11.2. The Morgan fingerprint density at radius 1 is 1.13 bits per heavy atom. The number of carboxylic acids is 1. The maximum atomic E-state index is 12.7. The van der Waals surface area contributed by atoms with Crippen molar-refractivity contribution in [3.63, 3.8) is 0 Å². The van der Waals surface area contributed by atoms with Gasteiger partial charge < -0.3 is 15.2 Å². The number of carbonyl (C=O) groups is 2. The van der Waals surface area contributed by atoms with Gasteiger partial charge in [0.25, 0.3) is 0 Å². The number of carbonyl (C=O) groups excluding carboxylic acids is 1. The van der Waals surface area contributed by atoms with Crippen molar-refractivity contribution in [2.75, 3.05) is 6.61 Å². The Bertz CT molecular complexity index is 994. The van der Waals surface area contributed by atoms with Crippen molar-refractivity contribution in [3.8, 4) is 5.75 Å². The van der Waals surface area contributed by atoms with Crippen LogP contribution in [0.4, 0.5) is 0 Å². The Morgan fingerprint density at radius 2 is 1.84 bits per heavy atom. The Kier molecular flexibility index (Phi) is 6.18. The van der Waals surface area contributed by atoms with Crippen molar-refractivity contribution >= 4 is 35.1 Å². The number of hydrogen-bond donors (Lipinski definition) is 2. The Labute approximate surface area is 191 Å². The van der Waals surface area contributed by atoms with Crippen LogP contribution in [0, 0.1) is 17.8 Å². The van der Waals surface area contributed by atoms with Crippen LogP contribution < -0.4 is 10.1 Å². The van der Waals surface area contributed by atoms with Gasteiger partial charge >= 0.3 is 5.97 Å². The smallest absolute Gasteiger partial charge is 0.341 e. The summed E-state index contributed by atoms with van der Waals surface area (Å²) in [7, 11) is 0. The molecular weight excluding hydrogens is 437 g/mol. The van der Waals surface area contributed by atoms with Gasteiger partial charge in [0.05, 0.1) is 0 Å². The standard InChI is InChI=1S/C24H25Cl2NO4/c1-12-9-18(17-8-7-16(10-19(17)26)31-11-20(28)29)23(14-3-5-15(25)6-4-14)22-13(2)27-24(30)21(12)22/h3-8,10,12-13,18,21-23H,9,11H2,1-2H3,(H,27,30)(H,28,29)/t12-,13-,18+,21-,22-,23+/m1/s1. The highest BCUT2D eigenvalue weighted by molar-refractivity contribution is 6.31. The van der Waals surface area contributed by atoms with Gasteiger partial charge in [-0.3, -0.25) is 4.79 Å². The first-order valence-electron chi connectivity index (χ1n) is 10.5. The monoisotopic (exact) mass is 461 g/mol. The molecule has 1 amide bonds. The summed E-state index contributed by atoms with van der Waals surface area (Å²) >= 11 is 12.8. The number of hydrogen-bond acceptors (Lipinski definition) is 3. The summed E-state index contributed by atoms with van der Waals surface area (Å²) in [5.41, 5.74) is 2.13. The lowest BCUT2D eigenvalue weighted by molar-refractivity contribution is -0.139. The number of ether oxygens (including phenoxy) is 1. The van der Waals surface area contributed by atoms with E-state index in [1.54, 1.807) is 12.1 Å². The summed E-state index contributed by atoms with van der Waals surface area (Å²) in [4.78, 5) is 23.5. The zero-order valence-corrected chi connectivity index (χ0v) is 18.9. The molecule has 1 saturated carbocycles. The SMILES string of the molecule is C[C@@H]1C[C@@H](c2ccc(OCC(=O)O)cc2Cl)[C@H](c2ccc(Cl)cc2)[C@H]2[C@@H]1C(=O)N[C@@H]2C. The number of aliphatic carboxylic acids is 1. The van der Waals surface area contributed by atoms with E-state index in [1.165, 1.54) is 0 Å². The van der Waals surface area contributed by atoms with Crippen LogP contribution in [0.1, 0.15) is 43.2 Å². The minimum Gasteiger partial charge on any atom is -0.482 e. The third-order valence-corrected chi connectivity index (χ3v) is 7.32. The van der Waals surface area contributed by atoms with Gasteiger partial charge in [-0.1, -0.05) is 48.3 Å². The average Bonchev–Trinajstić information content (AvgIpc) is 3.02. The molecule has 164 valence electrons. The summed E-state index contributed by atoms with van der Waals surface area (Å²) in [6.45, 7) is 3.79. The second-order valence-corrected chi connectivity index (χ2v) is 9.51. The third kappa shape index (κ3) is 4.26. The fourth-order valence-electron chi connectivity index (χ4n) is 5.54. The summed E-state index contributed by atoms with van der Waals surface area (Å²) < 4.78 is 5.28. The molecule has 5 nitrogen and oxygen atoms in total. The van der Waals surface area contributed by atoms with Crippen LogP contribution in [0.3, 0.4) is 0 Å². The van der Waals surface area contributed by atoms with Crippen LogP contribution in [-0.2, 0) is 9.59 Å². The normalized spacial score (nSPS) is 29.9. The van der Waals surface area contributed by atoms with E-state index < -0.39 is 12.6 Å². The molecule has 2 aromatic rings. The summed E-state index contributed by atoms with van der Waals surface area (Å²) in [5, 5.41) is 13.2. The largest absolute Gasteiger partial charge is 0.482 e. The van der Waals surface area contributed by atoms with Crippen molar-refractivity contribution in [2.45, 2.75) is 38.1 Å². The zero-order chi connectivity index (χ0) is 22.3. The fraction of sp³-hybridized carbons (Fsp3) is 0.417. The lowest BCUT2D eigenvalue weighted by Gasteiger charge is -2.44. The van der Waals surface area contributed by atoms with E-state index in [0.717, 1.165) is 17.5 Å². The van der Waals surface area contributed by atoms with Crippen LogP contribution in [0.15, 0.2) is 42.5 Å². The van der Waals surface area contributed by atoms with Gasteiger partial charge in [0.15, 0.2) is 6.61 Å². The fourth-order valence-corrected chi connectivity index (χ4v) is 5.98. The molecule has 2 aromatic carbocycles. The van der Waals surface area contributed by atoms with Crippen LogP contribution >= 0.6 is 23.2 Å². The van der Waals surface area contributed by atoms with Crippen LogP contribution in [0.25, 0.3) is 0 Å². The number of amides is 1. The zero-order valence-electron chi connectivity index (χ0n) is 17.3. The highest BCUT2D eigenvalue weighted by atomic mass is 35.5. The lowest BCUT2D eigenvalue weighted by Crippen LogP contribution is -2.39. The molecule has 0 spiro atoms. The maximum absolute atomic E-state index is 12.7. The molecule has 2 N–H and O–H groups in total. The van der Waals surface area contributed by atoms with E-state index in [1.807, 2.05) is 30.3 Å². The Hall–Kier alpha value is -2.24. The highest BCUT2D eigenvalue weighted by Crippen LogP contribution is 2.56. The van der Waals surface area contributed by atoms with Crippen molar-refractivity contribution in [1.29, 1.82) is 0 Å². The molecular formula is C24H25Cl2NO4. The van der Waals surface area contributed by atoms with Crippen molar-refractivity contribution in [2.24, 2.45) is 17.8 Å². The topological polar surface area (TPSA) is 75.6 Å². The number of fused-ring (bicyclic) bond motifs is 1. The number of rotatable bonds is 5. The number of carboxylic acid groups (broad SMARTS) is 1. The van der Waals surface area contributed by atoms with Crippen molar-refractivity contribution in [3.05, 3.63) is 63.6 Å². The summed E-state index contributed by atoms with van der Waals surface area (Å²) in [6.07, 6.45) is 0.823. The second-order valence-electron chi connectivity index (χ2n) is 8.66. The minimum absolute atomic E-state index is 0.0381. The Balaban J connectivity index is 1.75. The van der Waals surface area contributed by atoms with Gasteiger partial charge in [-0.25, -0.2) is 4.79 Å². The number of halogens is 2. The van der Waals surface area contributed by atoms with Crippen LogP contribution in [0.5, 0.6) is 5.75 Å². The van der Waals surface area contributed by atoms with E-state index in [2.05, 4.69) is 19.2 Å². The molecule has 4 rings (SSSR count). The van der Waals surface area contributed by atoms with E-state index in [0.29, 0.717) is 15.8 Å². The van der Waals surface area contributed by atoms with Gasteiger partial charge in [0, 0.05) is 22.0 Å². The molecule has 2 aliphatic rings. The number of benzene rings is 2. The predicted molar refractivity (Wildman–Crippen MR) is 120 cm³/mol. The van der Waals surface area contributed by atoms with Crippen LogP contribution in [0.2, 0.25) is 10.0 Å². The Morgan fingerprint density at radius 3 is 2.48 bits per heavy atom. The van der Waals surface area contributed by atoms with Crippen LogP contribution in [-0.4, -0.2) is 29.6 Å². The molecule has 0 bridgehead atoms. The molecule has 31 heavy (non-hydrogen) atoms. The molecule has 2 fully saturated rings. The quantitative estimate of drug-likeness (QED) is 0.647.